The second-order valence-corrected chi connectivity index (χ2v) is 10.6. The highest BCUT2D eigenvalue weighted by molar-refractivity contribution is 6.26. The van der Waals surface area contributed by atoms with Crippen LogP contribution in [-0.2, 0) is 0 Å². The van der Waals surface area contributed by atoms with Gasteiger partial charge in [-0.1, -0.05) is 122 Å². The molecule has 0 saturated carbocycles. The molecule has 0 aromatic heterocycles. The van der Waals surface area contributed by atoms with Crippen LogP contribution in [0.25, 0.3) is 82.0 Å². The lowest BCUT2D eigenvalue weighted by Crippen LogP contribution is -1.92. The Morgan fingerprint density at radius 1 is 0.475 bits per heavy atom. The van der Waals surface area contributed by atoms with E-state index in [4.69, 9.17) is 0 Å². The average Bonchev–Trinajstić information content (AvgIpc) is 3.33. The number of fused-ring (bicyclic) bond motifs is 8. The van der Waals surface area contributed by atoms with Gasteiger partial charge in [0.15, 0.2) is 0 Å². The minimum Gasteiger partial charge on any atom is -0.0990 e. The Bertz CT molecular complexity index is 2220. The van der Waals surface area contributed by atoms with Gasteiger partial charge in [0.2, 0.25) is 0 Å². The van der Waals surface area contributed by atoms with E-state index in [1.54, 1.807) is 0 Å². The molecule has 0 heteroatoms. The zero-order valence-electron chi connectivity index (χ0n) is 22.1. The molecule has 0 fully saturated rings. The lowest BCUT2D eigenvalue weighted by Gasteiger charge is -2.18. The van der Waals surface area contributed by atoms with E-state index < -0.39 is 0 Å². The van der Waals surface area contributed by atoms with Crippen molar-refractivity contribution in [3.8, 4) is 33.4 Å². The van der Waals surface area contributed by atoms with E-state index in [-0.39, 0.29) is 0 Å². The Labute approximate surface area is 233 Å². The van der Waals surface area contributed by atoms with Crippen molar-refractivity contribution in [1.29, 1.82) is 0 Å². The Hall–Kier alpha value is -5.20. The molecule has 1 aliphatic carbocycles. The lowest BCUT2D eigenvalue weighted by molar-refractivity contribution is 1.66. The van der Waals surface area contributed by atoms with Crippen LogP contribution in [0.1, 0.15) is 5.56 Å². The third kappa shape index (κ3) is 3.14. The molecule has 1 aliphatic rings. The van der Waals surface area contributed by atoms with Gasteiger partial charge < -0.3 is 0 Å². The molecule has 0 unspecified atom stereocenters. The minimum atomic E-state index is 1.08. The second-order valence-electron chi connectivity index (χ2n) is 10.6. The molecule has 0 saturated heterocycles. The van der Waals surface area contributed by atoms with E-state index in [0.29, 0.717) is 0 Å². The highest BCUT2D eigenvalue weighted by Crippen LogP contribution is 2.50. The molecule has 0 amide bonds. The maximum atomic E-state index is 4.18. The molecule has 8 rings (SSSR count). The van der Waals surface area contributed by atoms with E-state index >= 15 is 0 Å². The molecule has 40 heavy (non-hydrogen) atoms. The van der Waals surface area contributed by atoms with Crippen molar-refractivity contribution in [3.63, 3.8) is 0 Å². The smallest absolute Gasteiger partial charge is 0.00264 e. The standard InChI is InChI=1S/C40H26/c1-3-12-25(4-2)32-21-34-29-18-9-8-17-28(29)33(26-13-6-5-7-14-26)22-38(34)39-24-36-31-20-11-16-27-15-10-19-30(40(27)31)35(36)23-37(32)39/h3-24H,1-2H2/b25-12+. The highest BCUT2D eigenvalue weighted by Gasteiger charge is 2.24. The molecule has 0 bridgehead atoms. The number of rotatable bonds is 4. The van der Waals surface area contributed by atoms with Gasteiger partial charge in [0.1, 0.15) is 0 Å². The minimum absolute atomic E-state index is 1.08. The third-order valence-corrected chi connectivity index (χ3v) is 8.51. The molecule has 7 aromatic rings. The molecule has 0 spiro atoms. The first kappa shape index (κ1) is 22.8. The largest absolute Gasteiger partial charge is 0.0990 e. The third-order valence-electron chi connectivity index (χ3n) is 8.51. The lowest BCUT2D eigenvalue weighted by atomic mass is 9.86. The van der Waals surface area contributed by atoms with Crippen molar-refractivity contribution in [2.24, 2.45) is 0 Å². The topological polar surface area (TPSA) is 0 Å². The summed E-state index contributed by atoms with van der Waals surface area (Å²) in [6, 6.07) is 42.5. The summed E-state index contributed by atoms with van der Waals surface area (Å²) in [5.74, 6) is 0. The summed E-state index contributed by atoms with van der Waals surface area (Å²) in [6.07, 6.45) is 5.87. The summed E-state index contributed by atoms with van der Waals surface area (Å²) in [5, 5.41) is 10.2. The van der Waals surface area contributed by atoms with Crippen LogP contribution in [-0.4, -0.2) is 0 Å². The number of benzene rings is 7. The molecule has 0 atom stereocenters. The van der Waals surface area contributed by atoms with Crippen molar-refractivity contribution in [2.45, 2.75) is 0 Å². The Morgan fingerprint density at radius 2 is 1.07 bits per heavy atom. The summed E-state index contributed by atoms with van der Waals surface area (Å²) in [4.78, 5) is 0. The van der Waals surface area contributed by atoms with Gasteiger partial charge in [0.05, 0.1) is 0 Å². The highest BCUT2D eigenvalue weighted by atomic mass is 14.3. The maximum absolute atomic E-state index is 4.18. The second kappa shape index (κ2) is 8.66. The first-order valence-electron chi connectivity index (χ1n) is 13.8. The monoisotopic (exact) mass is 506 g/mol. The van der Waals surface area contributed by atoms with Crippen molar-refractivity contribution < 1.29 is 0 Å². The Balaban J connectivity index is 1.59. The molecule has 0 nitrogen and oxygen atoms in total. The molecule has 7 aromatic carbocycles. The molecular weight excluding hydrogens is 480 g/mol. The summed E-state index contributed by atoms with van der Waals surface area (Å²) in [7, 11) is 0. The van der Waals surface area contributed by atoms with Crippen LogP contribution in [0.15, 0.2) is 147 Å². The first-order valence-corrected chi connectivity index (χ1v) is 13.8. The van der Waals surface area contributed by atoms with Gasteiger partial charge in [-0.15, -0.1) is 0 Å². The van der Waals surface area contributed by atoms with E-state index in [1.807, 2.05) is 12.2 Å². The zero-order valence-corrected chi connectivity index (χ0v) is 22.1. The first-order chi connectivity index (χ1) is 19.8. The molecule has 0 radical (unpaired) electrons. The van der Waals surface area contributed by atoms with Crippen LogP contribution in [0.4, 0.5) is 0 Å². The number of allylic oxidation sites excluding steroid dienone is 4. The van der Waals surface area contributed by atoms with Crippen LogP contribution < -0.4 is 0 Å². The van der Waals surface area contributed by atoms with Crippen LogP contribution in [0.2, 0.25) is 0 Å². The maximum Gasteiger partial charge on any atom is -0.00264 e. The SMILES string of the molecule is C=C/C=C(\C=C)c1cc2c3ccccc3c(-c3ccccc3)cc2c2cc3c(cc12)-c1cccc2cccc-3c12. The summed E-state index contributed by atoms with van der Waals surface area (Å²) in [6.45, 7) is 8.18. The molecular formula is C40H26. The Morgan fingerprint density at radius 3 is 1.77 bits per heavy atom. The number of hydrogen-bond acceptors (Lipinski definition) is 0. The van der Waals surface area contributed by atoms with Gasteiger partial charge in [0.25, 0.3) is 0 Å². The van der Waals surface area contributed by atoms with E-state index in [1.165, 1.54) is 82.0 Å². The summed E-state index contributed by atoms with van der Waals surface area (Å²) < 4.78 is 0. The predicted molar refractivity (Wildman–Crippen MR) is 175 cm³/mol. The van der Waals surface area contributed by atoms with Gasteiger partial charge >= 0.3 is 0 Å². The fraction of sp³-hybridized carbons (Fsp3) is 0. The normalized spacial score (nSPS) is 12.3. The van der Waals surface area contributed by atoms with E-state index in [9.17, 15) is 0 Å². The molecule has 0 heterocycles. The van der Waals surface area contributed by atoms with Crippen LogP contribution in [0.3, 0.4) is 0 Å². The molecule has 186 valence electrons. The zero-order chi connectivity index (χ0) is 26.8. The van der Waals surface area contributed by atoms with Gasteiger partial charge in [0, 0.05) is 0 Å². The van der Waals surface area contributed by atoms with Gasteiger partial charge in [-0.05, 0) is 112 Å². The summed E-state index contributed by atoms with van der Waals surface area (Å²) in [5.41, 5.74) is 9.98. The van der Waals surface area contributed by atoms with Crippen LogP contribution >= 0.6 is 0 Å². The Kier molecular flexibility index (Phi) is 4.93. The van der Waals surface area contributed by atoms with Gasteiger partial charge in [-0.25, -0.2) is 0 Å². The number of hydrogen-bond donors (Lipinski definition) is 0. The van der Waals surface area contributed by atoms with Gasteiger partial charge in [-0.3, -0.25) is 0 Å². The van der Waals surface area contributed by atoms with Crippen molar-refractivity contribution >= 4 is 48.7 Å². The van der Waals surface area contributed by atoms with Crippen molar-refractivity contribution in [1.82, 2.24) is 0 Å². The van der Waals surface area contributed by atoms with Crippen LogP contribution in [0.5, 0.6) is 0 Å². The fourth-order valence-corrected chi connectivity index (χ4v) is 6.77. The van der Waals surface area contributed by atoms with Gasteiger partial charge in [-0.2, -0.15) is 0 Å². The fourth-order valence-electron chi connectivity index (χ4n) is 6.77. The average molecular weight is 507 g/mol. The van der Waals surface area contributed by atoms with Crippen molar-refractivity contribution in [3.05, 3.63) is 152 Å². The van der Waals surface area contributed by atoms with E-state index in [2.05, 4.69) is 134 Å². The molecule has 0 aliphatic heterocycles. The van der Waals surface area contributed by atoms with E-state index in [0.717, 1.165) is 5.57 Å². The molecule has 0 N–H and O–H groups in total. The predicted octanol–water partition coefficient (Wildman–Crippen LogP) is 11.4. The van der Waals surface area contributed by atoms with Crippen LogP contribution in [0, 0.1) is 0 Å². The quantitative estimate of drug-likeness (QED) is 0.164. The summed E-state index contributed by atoms with van der Waals surface area (Å²) >= 11 is 0. The van der Waals surface area contributed by atoms with Crippen molar-refractivity contribution in [2.75, 3.05) is 0 Å².